The number of benzene rings is 4. The lowest BCUT2D eigenvalue weighted by Crippen LogP contribution is -2.29. The molecule has 4 aromatic rings. The lowest BCUT2D eigenvalue weighted by molar-refractivity contribution is 0.602. The molecule has 6 rings (SSSR count). The van der Waals surface area contributed by atoms with Crippen molar-refractivity contribution in [2.75, 3.05) is 0 Å². The fourth-order valence-corrected chi connectivity index (χ4v) is 12.0. The summed E-state index contributed by atoms with van der Waals surface area (Å²) in [7, 11) is -1.17. The molecule has 0 aromatic heterocycles. The van der Waals surface area contributed by atoms with E-state index in [2.05, 4.69) is 158 Å². The zero-order chi connectivity index (χ0) is 27.7. The third-order valence-corrected chi connectivity index (χ3v) is 13.7. The Hall–Kier alpha value is -3.30. The van der Waals surface area contributed by atoms with Gasteiger partial charge < -0.3 is 0 Å². The van der Waals surface area contributed by atoms with E-state index in [-0.39, 0.29) is 0 Å². The SMILES string of the molecule is C1=CCC(CCCC[C@H](C2C=CC=C2P(c2ccccc2)c2ccccc2)P(c2ccccc2)c2ccccc2)=C1. The van der Waals surface area contributed by atoms with Gasteiger partial charge in [0, 0.05) is 5.92 Å². The van der Waals surface area contributed by atoms with Crippen LogP contribution in [0.2, 0.25) is 0 Å². The highest BCUT2D eigenvalue weighted by Crippen LogP contribution is 2.56. The van der Waals surface area contributed by atoms with Gasteiger partial charge in [-0.15, -0.1) is 0 Å². The fourth-order valence-electron chi connectivity index (χ4n) is 6.19. The lowest BCUT2D eigenvalue weighted by Gasteiger charge is -2.36. The van der Waals surface area contributed by atoms with E-state index < -0.39 is 15.8 Å². The van der Waals surface area contributed by atoms with Crippen LogP contribution in [0.5, 0.6) is 0 Å². The summed E-state index contributed by atoms with van der Waals surface area (Å²) in [5, 5.41) is 7.47. The number of unbranched alkanes of at least 4 members (excludes halogenated alkanes) is 1. The van der Waals surface area contributed by atoms with Crippen molar-refractivity contribution in [3.63, 3.8) is 0 Å². The van der Waals surface area contributed by atoms with Crippen molar-refractivity contribution < 1.29 is 0 Å². The molecule has 41 heavy (non-hydrogen) atoms. The molecule has 2 aliphatic rings. The predicted molar refractivity (Wildman–Crippen MR) is 183 cm³/mol. The molecule has 2 aliphatic carbocycles. The topological polar surface area (TPSA) is 0 Å². The van der Waals surface area contributed by atoms with Gasteiger partial charge in [-0.2, -0.15) is 0 Å². The van der Waals surface area contributed by atoms with Gasteiger partial charge in [-0.3, -0.25) is 0 Å². The smallest absolute Gasteiger partial charge is 0.0105 e. The Morgan fingerprint density at radius 3 is 1.63 bits per heavy atom. The molecule has 0 heterocycles. The first-order valence-electron chi connectivity index (χ1n) is 14.9. The van der Waals surface area contributed by atoms with Crippen LogP contribution in [0.4, 0.5) is 0 Å². The summed E-state index contributed by atoms with van der Waals surface area (Å²) in [6, 6.07) is 45.2. The second-order valence-corrected chi connectivity index (χ2v) is 15.5. The largest absolute Gasteiger partial charge is 0.0805 e. The van der Waals surface area contributed by atoms with Gasteiger partial charge in [-0.1, -0.05) is 170 Å². The monoisotopic (exact) mass is 568 g/mol. The van der Waals surface area contributed by atoms with E-state index in [1.54, 1.807) is 10.9 Å². The zero-order valence-corrected chi connectivity index (χ0v) is 25.4. The van der Waals surface area contributed by atoms with Gasteiger partial charge in [0.25, 0.3) is 0 Å². The Balaban J connectivity index is 1.39. The number of rotatable bonds is 12. The summed E-state index contributed by atoms with van der Waals surface area (Å²) in [5.41, 5.74) is 2.13. The van der Waals surface area contributed by atoms with Crippen molar-refractivity contribution in [3.8, 4) is 0 Å². The van der Waals surface area contributed by atoms with Crippen LogP contribution in [0.1, 0.15) is 32.1 Å². The maximum absolute atomic E-state index is 2.53. The minimum absolute atomic E-state index is 0.417. The fraction of sp³-hybridized carbons (Fsp3) is 0.179. The lowest BCUT2D eigenvalue weighted by atomic mass is 9.99. The van der Waals surface area contributed by atoms with Gasteiger partial charge in [0.1, 0.15) is 0 Å². The van der Waals surface area contributed by atoms with Gasteiger partial charge in [-0.05, 0) is 73.7 Å². The number of allylic oxidation sites excluding steroid dienone is 8. The Labute approximate surface area is 248 Å². The summed E-state index contributed by atoms with van der Waals surface area (Å²) in [5.74, 6) is 0.417. The Bertz CT molecular complexity index is 1420. The summed E-state index contributed by atoms with van der Waals surface area (Å²) in [6.45, 7) is 0. The first-order chi connectivity index (χ1) is 20.4. The van der Waals surface area contributed by atoms with Crippen molar-refractivity contribution in [2.24, 2.45) is 5.92 Å². The maximum atomic E-state index is 2.53. The molecule has 2 atom stereocenters. The summed E-state index contributed by atoms with van der Waals surface area (Å²) >= 11 is 0. The van der Waals surface area contributed by atoms with E-state index in [9.17, 15) is 0 Å². The van der Waals surface area contributed by atoms with Gasteiger partial charge >= 0.3 is 0 Å². The highest BCUT2D eigenvalue weighted by atomic mass is 31.1. The van der Waals surface area contributed by atoms with E-state index in [1.165, 1.54) is 46.9 Å². The van der Waals surface area contributed by atoms with Crippen LogP contribution in [0, 0.1) is 5.92 Å². The average Bonchev–Trinajstić information content (AvgIpc) is 3.74. The normalized spacial score (nSPS) is 16.8. The molecule has 0 nitrogen and oxygen atoms in total. The summed E-state index contributed by atoms with van der Waals surface area (Å²) < 4.78 is 0. The van der Waals surface area contributed by atoms with Gasteiger partial charge in [-0.25, -0.2) is 0 Å². The predicted octanol–water partition coefficient (Wildman–Crippen LogP) is 9.14. The second-order valence-electron chi connectivity index (χ2n) is 10.8. The van der Waals surface area contributed by atoms with Crippen LogP contribution in [-0.4, -0.2) is 5.66 Å². The third-order valence-electron chi connectivity index (χ3n) is 8.12. The van der Waals surface area contributed by atoms with E-state index >= 15 is 0 Å². The molecule has 0 radical (unpaired) electrons. The van der Waals surface area contributed by atoms with Crippen LogP contribution in [0.3, 0.4) is 0 Å². The molecule has 4 aromatic carbocycles. The third kappa shape index (κ3) is 6.79. The van der Waals surface area contributed by atoms with Crippen molar-refractivity contribution in [1.82, 2.24) is 0 Å². The van der Waals surface area contributed by atoms with Gasteiger partial charge in [0.15, 0.2) is 0 Å². The molecular formula is C39H38P2. The van der Waals surface area contributed by atoms with Crippen molar-refractivity contribution in [1.29, 1.82) is 0 Å². The first-order valence-corrected chi connectivity index (χ1v) is 17.7. The van der Waals surface area contributed by atoms with Crippen LogP contribution in [0.15, 0.2) is 169 Å². The molecule has 0 fully saturated rings. The number of hydrogen-bond donors (Lipinski definition) is 0. The van der Waals surface area contributed by atoms with Crippen LogP contribution in [0.25, 0.3) is 0 Å². The first kappa shape index (κ1) is 27.8. The minimum Gasteiger partial charge on any atom is -0.0805 e. The Morgan fingerprint density at radius 1 is 0.585 bits per heavy atom. The van der Waals surface area contributed by atoms with E-state index in [1.807, 2.05) is 0 Å². The van der Waals surface area contributed by atoms with Crippen molar-refractivity contribution in [2.45, 2.75) is 37.8 Å². The zero-order valence-electron chi connectivity index (χ0n) is 23.6. The number of hydrogen-bond acceptors (Lipinski definition) is 0. The quantitative estimate of drug-likeness (QED) is 0.118. The standard InChI is InChI=1S/C39H38P2/c1-5-21-33(22-6-1)40(34-23-7-2-8-24-34)38(30-16-15-20-32-18-13-14-19-32)37-29-17-31-39(37)41(35-25-9-3-10-26-35)36-27-11-4-12-28-36/h1-14,17-18,21-29,31,37-38H,15-16,19-20,30H2/t37?,38-/m1/s1. The molecule has 0 bridgehead atoms. The minimum atomic E-state index is -0.621. The van der Waals surface area contributed by atoms with Crippen LogP contribution in [-0.2, 0) is 0 Å². The molecule has 1 unspecified atom stereocenters. The molecule has 0 saturated carbocycles. The van der Waals surface area contributed by atoms with E-state index in [0.717, 1.165) is 6.42 Å². The molecule has 2 heteroatoms. The average molecular weight is 569 g/mol. The van der Waals surface area contributed by atoms with E-state index in [0.29, 0.717) is 11.6 Å². The second kappa shape index (κ2) is 14.0. The highest BCUT2D eigenvalue weighted by Gasteiger charge is 2.36. The van der Waals surface area contributed by atoms with Crippen molar-refractivity contribution >= 4 is 37.1 Å². The van der Waals surface area contributed by atoms with Crippen molar-refractivity contribution in [3.05, 3.63) is 169 Å². The highest BCUT2D eigenvalue weighted by molar-refractivity contribution is 7.77. The summed E-state index contributed by atoms with van der Waals surface area (Å²) in [6.07, 6.45) is 20.3. The Kier molecular flexibility index (Phi) is 9.54. The van der Waals surface area contributed by atoms with Crippen LogP contribution >= 0.6 is 15.8 Å². The molecule has 0 N–H and O–H groups in total. The van der Waals surface area contributed by atoms with Gasteiger partial charge in [0.2, 0.25) is 0 Å². The molecule has 0 amide bonds. The molecule has 204 valence electrons. The maximum Gasteiger partial charge on any atom is 0.0105 e. The molecule has 0 aliphatic heterocycles. The molecule has 0 spiro atoms. The molecule has 0 saturated heterocycles. The van der Waals surface area contributed by atoms with Crippen LogP contribution < -0.4 is 21.2 Å². The van der Waals surface area contributed by atoms with E-state index in [4.69, 9.17) is 0 Å². The summed E-state index contributed by atoms with van der Waals surface area (Å²) in [4.78, 5) is 0. The van der Waals surface area contributed by atoms with Gasteiger partial charge in [0.05, 0.1) is 0 Å². The Morgan fingerprint density at radius 2 is 1.12 bits per heavy atom. The molecular weight excluding hydrogens is 530 g/mol.